The molecule has 3 heterocycles. The van der Waals surface area contributed by atoms with Crippen LogP contribution in [0.4, 0.5) is 5.69 Å². The van der Waals surface area contributed by atoms with Gasteiger partial charge in [0.25, 0.3) is 0 Å². The molecule has 1 N–H and O–H groups in total. The Hall–Kier alpha value is -3.29. The Morgan fingerprint density at radius 1 is 1.03 bits per heavy atom. The Balaban J connectivity index is 1.55. The lowest BCUT2D eigenvalue weighted by Gasteiger charge is -2.16. The lowest BCUT2D eigenvalue weighted by Crippen LogP contribution is -2.16. The zero-order valence-corrected chi connectivity index (χ0v) is 17.9. The van der Waals surface area contributed by atoms with Gasteiger partial charge in [-0.2, -0.15) is 4.98 Å². The van der Waals surface area contributed by atoms with Crippen molar-refractivity contribution < 1.29 is 9.15 Å². The van der Waals surface area contributed by atoms with Crippen LogP contribution in [-0.4, -0.2) is 20.9 Å². The number of benzene rings is 2. The molecule has 0 saturated carbocycles. The lowest BCUT2D eigenvalue weighted by molar-refractivity contribution is 0.196. The second-order valence-corrected chi connectivity index (χ2v) is 8.11. The molecule has 2 aromatic heterocycles. The number of nitrogens with zero attached hydrogens (tertiary/aromatic N) is 3. The fraction of sp³-hybridized carbons (Fsp3) is 0.0870. The van der Waals surface area contributed by atoms with Crippen molar-refractivity contribution in [1.82, 2.24) is 15.2 Å². The molecule has 0 amide bonds. The van der Waals surface area contributed by atoms with Crippen LogP contribution in [0, 0.1) is 0 Å². The normalized spacial score (nSPS) is 14.5. The first-order chi connectivity index (χ1) is 15.2. The standard InChI is InChI=1S/C23H17ClN4O2S/c1-2-13-31-23-26-22-20(27-28-23)15-8-4-6-10-17(15)25-21(30-22)19-12-11-18(29-19)14-7-3-5-9-16(14)24/h2-12,21,25H,1,13H2. The number of hydrogen-bond donors (Lipinski definition) is 1. The topological polar surface area (TPSA) is 73.1 Å². The van der Waals surface area contributed by atoms with Gasteiger partial charge in [-0.3, -0.25) is 0 Å². The van der Waals surface area contributed by atoms with E-state index in [4.69, 9.17) is 20.8 Å². The van der Waals surface area contributed by atoms with Gasteiger partial charge in [0, 0.05) is 22.6 Å². The molecule has 31 heavy (non-hydrogen) atoms. The summed E-state index contributed by atoms with van der Waals surface area (Å²) in [5.74, 6) is 2.32. The van der Waals surface area contributed by atoms with E-state index in [0.717, 1.165) is 16.8 Å². The van der Waals surface area contributed by atoms with Gasteiger partial charge in [0.1, 0.15) is 5.76 Å². The summed E-state index contributed by atoms with van der Waals surface area (Å²) in [5, 5.41) is 13.1. The molecule has 6 nitrogen and oxygen atoms in total. The molecule has 1 atom stereocenters. The Bertz CT molecular complexity index is 1260. The van der Waals surface area contributed by atoms with Gasteiger partial charge in [-0.1, -0.05) is 59.8 Å². The van der Waals surface area contributed by atoms with E-state index in [0.29, 0.717) is 39.0 Å². The summed E-state index contributed by atoms with van der Waals surface area (Å²) < 4.78 is 12.4. The lowest BCUT2D eigenvalue weighted by atomic mass is 10.1. The van der Waals surface area contributed by atoms with Crippen LogP contribution in [0.1, 0.15) is 12.0 Å². The molecule has 0 radical (unpaired) electrons. The Kier molecular flexibility index (Phi) is 5.36. The third-order valence-corrected chi connectivity index (χ3v) is 5.85. The number of hydrogen-bond acceptors (Lipinski definition) is 7. The number of rotatable bonds is 5. The summed E-state index contributed by atoms with van der Waals surface area (Å²) >= 11 is 7.77. The number of aromatic nitrogens is 3. The highest BCUT2D eigenvalue weighted by Crippen LogP contribution is 2.40. The first-order valence-electron chi connectivity index (χ1n) is 9.58. The highest BCUT2D eigenvalue weighted by atomic mass is 35.5. The van der Waals surface area contributed by atoms with Crippen molar-refractivity contribution in [2.24, 2.45) is 0 Å². The smallest absolute Gasteiger partial charge is 0.247 e. The molecule has 0 bridgehead atoms. The number of furan rings is 1. The van der Waals surface area contributed by atoms with Crippen molar-refractivity contribution in [2.75, 3.05) is 11.1 Å². The number of thioether (sulfide) groups is 1. The first-order valence-corrected chi connectivity index (χ1v) is 10.9. The second-order valence-electron chi connectivity index (χ2n) is 6.72. The van der Waals surface area contributed by atoms with Crippen LogP contribution in [0.25, 0.3) is 22.6 Å². The first kappa shape index (κ1) is 19.7. The summed E-state index contributed by atoms with van der Waals surface area (Å²) in [6, 6.07) is 19.1. The maximum Gasteiger partial charge on any atom is 0.247 e. The highest BCUT2D eigenvalue weighted by Gasteiger charge is 2.28. The van der Waals surface area contributed by atoms with Crippen molar-refractivity contribution in [3.05, 3.63) is 84.1 Å². The van der Waals surface area contributed by atoms with Crippen LogP contribution >= 0.6 is 23.4 Å². The van der Waals surface area contributed by atoms with Crippen molar-refractivity contribution in [1.29, 1.82) is 0 Å². The zero-order valence-electron chi connectivity index (χ0n) is 16.3. The summed E-state index contributed by atoms with van der Waals surface area (Å²) in [7, 11) is 0. The number of ether oxygens (including phenoxy) is 1. The Morgan fingerprint density at radius 3 is 2.68 bits per heavy atom. The average Bonchev–Trinajstić information content (AvgIpc) is 3.22. The molecule has 8 heteroatoms. The third kappa shape index (κ3) is 3.89. The van der Waals surface area contributed by atoms with Gasteiger partial charge in [-0.15, -0.1) is 16.8 Å². The van der Waals surface area contributed by atoms with Gasteiger partial charge < -0.3 is 14.5 Å². The van der Waals surface area contributed by atoms with Gasteiger partial charge in [0.05, 0.1) is 5.02 Å². The number of halogens is 1. The van der Waals surface area contributed by atoms with Gasteiger partial charge in [0.15, 0.2) is 11.5 Å². The molecule has 4 aromatic rings. The molecule has 0 aliphatic carbocycles. The van der Waals surface area contributed by atoms with Gasteiger partial charge >= 0.3 is 0 Å². The van der Waals surface area contributed by atoms with E-state index in [1.54, 1.807) is 6.08 Å². The molecule has 0 fully saturated rings. The van der Waals surface area contributed by atoms with E-state index < -0.39 is 6.23 Å². The fourth-order valence-electron chi connectivity index (χ4n) is 3.27. The van der Waals surface area contributed by atoms with Crippen molar-refractivity contribution >= 4 is 29.1 Å². The molecule has 5 rings (SSSR count). The van der Waals surface area contributed by atoms with Crippen LogP contribution in [-0.2, 0) is 0 Å². The van der Waals surface area contributed by atoms with Crippen molar-refractivity contribution in [3.8, 4) is 28.5 Å². The fourth-order valence-corrected chi connectivity index (χ4v) is 4.01. The molecule has 0 saturated heterocycles. The van der Waals surface area contributed by atoms with Crippen LogP contribution in [0.5, 0.6) is 5.88 Å². The maximum absolute atomic E-state index is 6.33. The highest BCUT2D eigenvalue weighted by molar-refractivity contribution is 7.99. The summed E-state index contributed by atoms with van der Waals surface area (Å²) in [6.45, 7) is 3.73. The molecule has 154 valence electrons. The minimum absolute atomic E-state index is 0.389. The van der Waals surface area contributed by atoms with Crippen molar-refractivity contribution in [2.45, 2.75) is 11.4 Å². The summed E-state index contributed by atoms with van der Waals surface area (Å²) in [4.78, 5) is 4.58. The quantitative estimate of drug-likeness (QED) is 0.286. The molecule has 1 aliphatic heterocycles. The van der Waals surface area contributed by atoms with E-state index >= 15 is 0 Å². The summed E-state index contributed by atoms with van der Waals surface area (Å²) in [5.41, 5.74) is 3.10. The number of fused-ring (bicyclic) bond motifs is 3. The van der Waals surface area contributed by atoms with Crippen LogP contribution in [0.15, 0.2) is 82.9 Å². The molecule has 1 unspecified atom stereocenters. The predicted molar refractivity (Wildman–Crippen MR) is 122 cm³/mol. The largest absolute Gasteiger partial charge is 0.455 e. The monoisotopic (exact) mass is 448 g/mol. The maximum atomic E-state index is 6.33. The summed E-state index contributed by atoms with van der Waals surface area (Å²) in [6.07, 6.45) is 1.19. The van der Waals surface area contributed by atoms with E-state index in [1.807, 2.05) is 60.7 Å². The molecule has 2 aromatic carbocycles. The van der Waals surface area contributed by atoms with Gasteiger partial charge in [-0.05, 0) is 30.3 Å². The van der Waals surface area contributed by atoms with Crippen LogP contribution < -0.4 is 10.1 Å². The van der Waals surface area contributed by atoms with E-state index in [9.17, 15) is 0 Å². The van der Waals surface area contributed by atoms with E-state index in [2.05, 4.69) is 27.1 Å². The minimum atomic E-state index is -0.604. The zero-order chi connectivity index (χ0) is 21.2. The molecule has 0 spiro atoms. The number of para-hydroxylation sites is 1. The van der Waals surface area contributed by atoms with E-state index in [1.165, 1.54) is 11.8 Å². The molecular formula is C23H17ClN4O2S. The van der Waals surface area contributed by atoms with Crippen molar-refractivity contribution in [3.63, 3.8) is 0 Å². The minimum Gasteiger partial charge on any atom is -0.455 e. The molecule has 1 aliphatic rings. The number of nitrogens with one attached hydrogen (secondary N) is 1. The Morgan fingerprint density at radius 2 is 1.84 bits per heavy atom. The number of anilines is 1. The van der Waals surface area contributed by atoms with Gasteiger partial charge in [0.2, 0.25) is 17.3 Å². The Labute approximate surface area is 188 Å². The SMILES string of the molecule is C=CCSc1nnc2c(n1)OC(c1ccc(-c3ccccc3Cl)o1)Nc1ccccc1-2. The predicted octanol–water partition coefficient (Wildman–Crippen LogP) is 6.23. The average molecular weight is 449 g/mol. The van der Waals surface area contributed by atoms with Gasteiger partial charge in [-0.25, -0.2) is 0 Å². The van der Waals surface area contributed by atoms with E-state index in [-0.39, 0.29) is 0 Å². The van der Waals surface area contributed by atoms with Crippen LogP contribution in [0.2, 0.25) is 5.02 Å². The third-order valence-electron chi connectivity index (χ3n) is 4.69. The van der Waals surface area contributed by atoms with Crippen LogP contribution in [0.3, 0.4) is 0 Å². The second kappa shape index (κ2) is 8.45. The molecular weight excluding hydrogens is 432 g/mol.